The van der Waals surface area contributed by atoms with E-state index in [0.29, 0.717) is 5.56 Å². The summed E-state index contributed by atoms with van der Waals surface area (Å²) in [4.78, 5) is 12.8. The summed E-state index contributed by atoms with van der Waals surface area (Å²) in [6.45, 7) is 0.336. The number of rotatable bonds is 7. The summed E-state index contributed by atoms with van der Waals surface area (Å²) in [5.74, 6) is -2.17. The van der Waals surface area contributed by atoms with E-state index in [-0.39, 0.29) is 58.9 Å². The molecule has 9 heteroatoms. The fourth-order valence-corrected chi connectivity index (χ4v) is 5.68. The highest BCUT2D eigenvalue weighted by molar-refractivity contribution is 6.34. The number of hydrogen-bond donors (Lipinski definition) is 3. The zero-order chi connectivity index (χ0) is 26.2. The Hall–Kier alpha value is -3.20. The van der Waals surface area contributed by atoms with Gasteiger partial charge in [0.2, 0.25) is 0 Å². The normalized spacial score (nSPS) is 20.4. The van der Waals surface area contributed by atoms with Crippen LogP contribution in [0.1, 0.15) is 34.3 Å². The van der Waals surface area contributed by atoms with Crippen molar-refractivity contribution in [2.75, 3.05) is 26.8 Å². The number of benzene rings is 3. The maximum Gasteiger partial charge on any atom is 0.251 e. The second kappa shape index (κ2) is 10.3. The second-order valence-corrected chi connectivity index (χ2v) is 9.54. The lowest BCUT2D eigenvalue weighted by Gasteiger charge is -2.35. The first-order valence-corrected chi connectivity index (χ1v) is 12.6. The second-order valence-electron chi connectivity index (χ2n) is 9.16. The Labute approximate surface area is 218 Å². The highest BCUT2D eigenvalue weighted by Crippen LogP contribution is 2.52. The van der Waals surface area contributed by atoms with E-state index in [1.54, 1.807) is 0 Å². The number of aliphatic hydroxyl groups is 1. The topological polar surface area (TPSA) is 79.8 Å². The van der Waals surface area contributed by atoms with Crippen LogP contribution in [0.3, 0.4) is 0 Å². The number of fused-ring (bicyclic) bond motifs is 1. The maximum absolute atomic E-state index is 16.0. The SMILES string of the molecule is CNC(=O)c1ccc(OCCO)c(F)c1-c1c(Cl)c(F)cc2c1C[C@@](c1ccccc1)([C@@H]1CCCN1)O2. The van der Waals surface area contributed by atoms with Gasteiger partial charge in [0.25, 0.3) is 5.91 Å². The molecule has 0 aliphatic carbocycles. The van der Waals surface area contributed by atoms with Crippen molar-refractivity contribution >= 4 is 17.5 Å². The molecule has 2 heterocycles. The van der Waals surface area contributed by atoms with E-state index >= 15 is 8.78 Å². The molecule has 0 unspecified atom stereocenters. The summed E-state index contributed by atoms with van der Waals surface area (Å²) < 4.78 is 43.2. The van der Waals surface area contributed by atoms with E-state index in [9.17, 15) is 4.79 Å². The van der Waals surface area contributed by atoms with Gasteiger partial charge in [0.05, 0.1) is 23.2 Å². The van der Waals surface area contributed by atoms with Gasteiger partial charge in [0, 0.05) is 36.2 Å². The third-order valence-electron chi connectivity index (χ3n) is 7.08. The van der Waals surface area contributed by atoms with Crippen molar-refractivity contribution in [3.63, 3.8) is 0 Å². The quantitative estimate of drug-likeness (QED) is 0.418. The van der Waals surface area contributed by atoms with E-state index in [1.165, 1.54) is 25.2 Å². The van der Waals surface area contributed by atoms with Gasteiger partial charge >= 0.3 is 0 Å². The molecule has 3 aromatic carbocycles. The van der Waals surface area contributed by atoms with Gasteiger partial charge in [-0.15, -0.1) is 0 Å². The van der Waals surface area contributed by atoms with Crippen molar-refractivity contribution in [2.24, 2.45) is 0 Å². The van der Waals surface area contributed by atoms with Crippen molar-refractivity contribution in [1.29, 1.82) is 0 Å². The van der Waals surface area contributed by atoms with Crippen LogP contribution in [0.25, 0.3) is 11.1 Å². The third kappa shape index (κ3) is 4.33. The average molecular weight is 529 g/mol. The minimum atomic E-state index is -0.875. The van der Waals surface area contributed by atoms with Crippen molar-refractivity contribution in [1.82, 2.24) is 10.6 Å². The summed E-state index contributed by atoms with van der Waals surface area (Å²) in [5, 5.41) is 14.9. The van der Waals surface area contributed by atoms with Crippen molar-refractivity contribution in [2.45, 2.75) is 30.9 Å². The van der Waals surface area contributed by atoms with Gasteiger partial charge in [0.15, 0.2) is 17.2 Å². The van der Waals surface area contributed by atoms with Crippen LogP contribution in [-0.2, 0) is 12.0 Å². The van der Waals surface area contributed by atoms with Crippen LogP contribution in [0.2, 0.25) is 5.02 Å². The van der Waals surface area contributed by atoms with E-state index in [2.05, 4.69) is 10.6 Å². The lowest BCUT2D eigenvalue weighted by Crippen LogP contribution is -2.48. The number of amides is 1. The minimum absolute atomic E-state index is 0.0257. The smallest absolute Gasteiger partial charge is 0.251 e. The largest absolute Gasteiger partial charge is 0.488 e. The Morgan fingerprint density at radius 1 is 1.24 bits per heavy atom. The number of carbonyl (C=O) groups is 1. The summed E-state index contributed by atoms with van der Waals surface area (Å²) in [6, 6.07) is 13.5. The number of carbonyl (C=O) groups excluding carboxylic acids is 1. The highest BCUT2D eigenvalue weighted by atomic mass is 35.5. The van der Waals surface area contributed by atoms with Gasteiger partial charge < -0.3 is 25.2 Å². The molecule has 0 radical (unpaired) electrons. The molecule has 2 aliphatic heterocycles. The summed E-state index contributed by atoms with van der Waals surface area (Å²) >= 11 is 6.53. The van der Waals surface area contributed by atoms with Crippen molar-refractivity contribution in [3.05, 3.63) is 81.9 Å². The predicted octanol–water partition coefficient (Wildman–Crippen LogP) is 4.60. The van der Waals surface area contributed by atoms with Gasteiger partial charge in [-0.25, -0.2) is 8.78 Å². The standard InChI is InChI=1S/C28H27ClF2N2O4/c1-32-27(35)17-9-10-20(36-13-12-34)26(31)24(17)23-18-15-28(22-8-5-11-33-22,16-6-3-2-4-7-16)37-21(18)14-19(30)25(23)29/h2-4,6-7,9-10,14,22,33-34H,5,8,11-13,15H2,1H3,(H,32,35)/t22-,28+/m0/s1. The molecule has 0 spiro atoms. The van der Waals surface area contributed by atoms with Crippen LogP contribution in [-0.4, -0.2) is 43.9 Å². The molecule has 3 aromatic rings. The van der Waals surface area contributed by atoms with Crippen LogP contribution < -0.4 is 20.1 Å². The number of halogens is 3. The first-order valence-electron chi connectivity index (χ1n) is 12.2. The fraction of sp³-hybridized carbons (Fsp3) is 0.321. The van der Waals surface area contributed by atoms with Gasteiger partial charge in [0.1, 0.15) is 18.2 Å². The molecule has 1 amide bonds. The van der Waals surface area contributed by atoms with E-state index in [4.69, 9.17) is 26.2 Å². The number of ether oxygens (including phenoxy) is 2. The molecular formula is C28H27ClF2N2O4. The van der Waals surface area contributed by atoms with Gasteiger partial charge in [-0.1, -0.05) is 41.9 Å². The van der Waals surface area contributed by atoms with Crippen LogP contribution in [0, 0.1) is 11.6 Å². The van der Waals surface area contributed by atoms with Crippen LogP contribution in [0.15, 0.2) is 48.5 Å². The summed E-state index contributed by atoms with van der Waals surface area (Å²) in [6.07, 6.45) is 2.09. The molecule has 5 rings (SSSR count). The zero-order valence-electron chi connectivity index (χ0n) is 20.2. The molecule has 1 saturated heterocycles. The van der Waals surface area contributed by atoms with Crippen LogP contribution in [0.5, 0.6) is 11.5 Å². The lowest BCUT2D eigenvalue weighted by molar-refractivity contribution is 0.0539. The van der Waals surface area contributed by atoms with Crippen molar-refractivity contribution in [3.8, 4) is 22.6 Å². The van der Waals surface area contributed by atoms with E-state index in [0.717, 1.165) is 24.9 Å². The molecule has 6 nitrogen and oxygen atoms in total. The van der Waals surface area contributed by atoms with Crippen molar-refractivity contribution < 1.29 is 28.2 Å². The monoisotopic (exact) mass is 528 g/mol. The van der Waals surface area contributed by atoms with E-state index in [1.807, 2.05) is 30.3 Å². The first kappa shape index (κ1) is 25.4. The van der Waals surface area contributed by atoms with Gasteiger partial charge in [-0.2, -0.15) is 0 Å². The maximum atomic E-state index is 16.0. The summed E-state index contributed by atoms with van der Waals surface area (Å²) in [7, 11) is 1.42. The third-order valence-corrected chi connectivity index (χ3v) is 7.45. The molecule has 2 aliphatic rings. The molecule has 37 heavy (non-hydrogen) atoms. The molecule has 0 aromatic heterocycles. The van der Waals surface area contributed by atoms with Gasteiger partial charge in [-0.3, -0.25) is 4.79 Å². The van der Waals surface area contributed by atoms with Gasteiger partial charge in [-0.05, 0) is 37.1 Å². The highest BCUT2D eigenvalue weighted by Gasteiger charge is 2.50. The first-order chi connectivity index (χ1) is 17.9. The zero-order valence-corrected chi connectivity index (χ0v) is 21.0. The minimum Gasteiger partial charge on any atom is -0.488 e. The molecule has 0 bridgehead atoms. The average Bonchev–Trinajstić information content (AvgIpc) is 3.58. The Morgan fingerprint density at radius 3 is 2.70 bits per heavy atom. The Bertz CT molecular complexity index is 1330. The van der Waals surface area contributed by atoms with Crippen LogP contribution >= 0.6 is 11.6 Å². The molecular weight excluding hydrogens is 502 g/mol. The fourth-order valence-electron chi connectivity index (χ4n) is 5.41. The Kier molecular flexibility index (Phi) is 7.07. The lowest BCUT2D eigenvalue weighted by atomic mass is 9.80. The van der Waals surface area contributed by atoms with Crippen LogP contribution in [0.4, 0.5) is 8.78 Å². The summed E-state index contributed by atoms with van der Waals surface area (Å²) in [5.41, 5.74) is 0.385. The number of aliphatic hydroxyl groups excluding tert-OH is 1. The molecule has 0 saturated carbocycles. The Morgan fingerprint density at radius 2 is 2.03 bits per heavy atom. The number of hydrogen-bond acceptors (Lipinski definition) is 5. The Balaban J connectivity index is 1.75. The molecule has 1 fully saturated rings. The predicted molar refractivity (Wildman–Crippen MR) is 136 cm³/mol. The molecule has 3 N–H and O–H groups in total. The number of nitrogens with one attached hydrogen (secondary N) is 2. The molecule has 2 atom stereocenters. The van der Waals surface area contributed by atoms with E-state index < -0.39 is 23.1 Å². The molecule has 194 valence electrons.